The van der Waals surface area contributed by atoms with Crippen LogP contribution in [0.3, 0.4) is 0 Å². The van der Waals surface area contributed by atoms with Gasteiger partial charge in [0.1, 0.15) is 5.82 Å². The maximum Gasteiger partial charge on any atom is 0.226 e. The minimum Gasteiger partial charge on any atom is -0.339 e. The Hall–Kier alpha value is -2.57. The van der Waals surface area contributed by atoms with E-state index in [-0.39, 0.29) is 5.82 Å². The Bertz CT molecular complexity index is 732. The smallest absolute Gasteiger partial charge is 0.226 e. The fourth-order valence-electron chi connectivity index (χ4n) is 1.86. The molecule has 3 aromatic rings. The first-order valence-electron chi connectivity index (χ1n) is 6.20. The molecule has 0 fully saturated rings. The molecule has 0 aliphatic carbocycles. The van der Waals surface area contributed by atoms with Gasteiger partial charge in [0.15, 0.2) is 5.69 Å². The van der Waals surface area contributed by atoms with Crippen molar-refractivity contribution >= 4 is 0 Å². The van der Waals surface area contributed by atoms with E-state index in [9.17, 15) is 4.39 Å². The Kier molecular flexibility index (Phi) is 3.02. The van der Waals surface area contributed by atoms with Gasteiger partial charge in [0.05, 0.1) is 11.4 Å². The van der Waals surface area contributed by atoms with Crippen molar-refractivity contribution in [3.05, 3.63) is 41.7 Å². The van der Waals surface area contributed by atoms with Crippen LogP contribution in [0.25, 0.3) is 17.2 Å². The Morgan fingerprint density at radius 3 is 2.65 bits per heavy atom. The second kappa shape index (κ2) is 4.84. The van der Waals surface area contributed by atoms with Gasteiger partial charge in [-0.1, -0.05) is 17.3 Å². The molecule has 0 unspecified atom stereocenters. The lowest BCUT2D eigenvalue weighted by Gasteiger charge is -2.02. The number of halogens is 1. The van der Waals surface area contributed by atoms with E-state index in [1.807, 2.05) is 13.8 Å². The third-order valence-electron chi connectivity index (χ3n) is 2.95. The Balaban J connectivity index is 2.02. The monoisotopic (exact) mass is 273 g/mol. The van der Waals surface area contributed by atoms with Gasteiger partial charge >= 0.3 is 0 Å². The molecule has 0 radical (unpaired) electrons. The lowest BCUT2D eigenvalue weighted by Crippen LogP contribution is -1.99. The van der Waals surface area contributed by atoms with Crippen LogP contribution in [0.2, 0.25) is 0 Å². The summed E-state index contributed by atoms with van der Waals surface area (Å²) in [4.78, 5) is 4.23. The molecule has 2 heterocycles. The van der Waals surface area contributed by atoms with Gasteiger partial charge in [-0.25, -0.2) is 9.07 Å². The molecular weight excluding hydrogens is 261 g/mol. The van der Waals surface area contributed by atoms with Gasteiger partial charge in [-0.2, -0.15) is 4.98 Å². The van der Waals surface area contributed by atoms with Gasteiger partial charge in [0, 0.05) is 6.42 Å². The summed E-state index contributed by atoms with van der Waals surface area (Å²) < 4.78 is 19.6. The normalized spacial score (nSPS) is 10.9. The Labute approximate surface area is 114 Å². The fraction of sp³-hybridized carbons (Fsp3) is 0.231. The largest absolute Gasteiger partial charge is 0.339 e. The van der Waals surface area contributed by atoms with E-state index in [2.05, 4.69) is 20.5 Å². The molecule has 3 rings (SSSR count). The van der Waals surface area contributed by atoms with Crippen molar-refractivity contribution in [1.29, 1.82) is 0 Å². The zero-order valence-electron chi connectivity index (χ0n) is 11.0. The number of rotatable bonds is 3. The Morgan fingerprint density at radius 2 is 2.00 bits per heavy atom. The predicted molar refractivity (Wildman–Crippen MR) is 68.7 cm³/mol. The van der Waals surface area contributed by atoms with Crippen LogP contribution in [0.4, 0.5) is 4.39 Å². The van der Waals surface area contributed by atoms with Gasteiger partial charge in [-0.3, -0.25) is 0 Å². The molecule has 20 heavy (non-hydrogen) atoms. The van der Waals surface area contributed by atoms with E-state index in [4.69, 9.17) is 4.52 Å². The van der Waals surface area contributed by atoms with Crippen LogP contribution in [0.15, 0.2) is 28.8 Å². The van der Waals surface area contributed by atoms with Crippen LogP contribution >= 0.6 is 0 Å². The number of aromatic nitrogens is 5. The summed E-state index contributed by atoms with van der Waals surface area (Å²) in [7, 11) is 0. The number of aryl methyl sites for hydroxylation is 1. The van der Waals surface area contributed by atoms with Crippen molar-refractivity contribution in [2.24, 2.45) is 0 Å². The van der Waals surface area contributed by atoms with E-state index < -0.39 is 0 Å². The summed E-state index contributed by atoms with van der Waals surface area (Å²) >= 11 is 0. The molecule has 102 valence electrons. The van der Waals surface area contributed by atoms with Crippen molar-refractivity contribution < 1.29 is 8.91 Å². The van der Waals surface area contributed by atoms with Crippen LogP contribution in [0, 0.1) is 12.7 Å². The first-order valence-corrected chi connectivity index (χ1v) is 6.20. The topological polar surface area (TPSA) is 69.6 Å². The van der Waals surface area contributed by atoms with Crippen LogP contribution in [-0.2, 0) is 6.42 Å². The van der Waals surface area contributed by atoms with E-state index in [1.54, 1.807) is 16.8 Å². The first-order chi connectivity index (χ1) is 9.69. The van der Waals surface area contributed by atoms with Crippen LogP contribution < -0.4 is 0 Å². The molecule has 0 bridgehead atoms. The van der Waals surface area contributed by atoms with Crippen LogP contribution in [0.5, 0.6) is 0 Å². The minimum atomic E-state index is -0.294. The molecule has 0 aliphatic heterocycles. The van der Waals surface area contributed by atoms with Crippen LogP contribution in [-0.4, -0.2) is 25.1 Å². The minimum absolute atomic E-state index is 0.294. The van der Waals surface area contributed by atoms with E-state index in [0.29, 0.717) is 23.8 Å². The molecule has 6 nitrogen and oxygen atoms in total. The number of nitrogens with zero attached hydrogens (tertiary/aromatic N) is 5. The van der Waals surface area contributed by atoms with Crippen molar-refractivity contribution in [2.45, 2.75) is 20.3 Å². The standard InChI is InChI=1S/C13H12FN5O/c1-3-11-15-13(17-20-11)12-8(2)19(18-16-12)10-6-4-9(14)5-7-10/h4-7H,3H2,1-2H3. The van der Waals surface area contributed by atoms with Gasteiger partial charge < -0.3 is 4.52 Å². The molecule has 0 amide bonds. The van der Waals surface area contributed by atoms with Crippen molar-refractivity contribution in [2.75, 3.05) is 0 Å². The summed E-state index contributed by atoms with van der Waals surface area (Å²) in [5, 5.41) is 12.0. The molecular formula is C13H12FN5O. The number of hydrogen-bond acceptors (Lipinski definition) is 5. The third-order valence-corrected chi connectivity index (χ3v) is 2.95. The lowest BCUT2D eigenvalue weighted by atomic mass is 10.3. The zero-order chi connectivity index (χ0) is 14.1. The van der Waals surface area contributed by atoms with E-state index in [0.717, 1.165) is 11.4 Å². The van der Waals surface area contributed by atoms with Crippen molar-refractivity contribution in [1.82, 2.24) is 25.1 Å². The van der Waals surface area contributed by atoms with Crippen LogP contribution in [0.1, 0.15) is 18.5 Å². The SMILES string of the molecule is CCc1nc(-c2nnn(-c3ccc(F)cc3)c2C)no1. The highest BCUT2D eigenvalue weighted by Gasteiger charge is 2.17. The Morgan fingerprint density at radius 1 is 1.25 bits per heavy atom. The highest BCUT2D eigenvalue weighted by Crippen LogP contribution is 2.20. The molecule has 0 saturated carbocycles. The van der Waals surface area contributed by atoms with Gasteiger partial charge in [-0.15, -0.1) is 5.10 Å². The molecule has 1 aromatic carbocycles. The number of benzene rings is 1. The molecule has 0 atom stereocenters. The van der Waals surface area contributed by atoms with Crippen molar-refractivity contribution in [3.8, 4) is 17.2 Å². The van der Waals surface area contributed by atoms with Gasteiger partial charge in [0.2, 0.25) is 11.7 Å². The fourth-order valence-corrected chi connectivity index (χ4v) is 1.86. The average molecular weight is 273 g/mol. The summed E-state index contributed by atoms with van der Waals surface area (Å²) in [5.74, 6) is 0.668. The second-order valence-corrected chi connectivity index (χ2v) is 4.28. The molecule has 0 N–H and O–H groups in total. The summed E-state index contributed by atoms with van der Waals surface area (Å²) in [6.07, 6.45) is 0.665. The quantitative estimate of drug-likeness (QED) is 0.732. The third kappa shape index (κ3) is 2.07. The van der Waals surface area contributed by atoms with E-state index in [1.165, 1.54) is 12.1 Å². The van der Waals surface area contributed by atoms with Gasteiger partial charge in [0.25, 0.3) is 0 Å². The molecule has 0 aliphatic rings. The maximum absolute atomic E-state index is 12.9. The molecule has 0 spiro atoms. The second-order valence-electron chi connectivity index (χ2n) is 4.28. The number of hydrogen-bond donors (Lipinski definition) is 0. The zero-order valence-corrected chi connectivity index (χ0v) is 11.0. The highest BCUT2D eigenvalue weighted by atomic mass is 19.1. The van der Waals surface area contributed by atoms with Crippen molar-refractivity contribution in [3.63, 3.8) is 0 Å². The lowest BCUT2D eigenvalue weighted by molar-refractivity contribution is 0.382. The maximum atomic E-state index is 12.9. The average Bonchev–Trinajstić information content (AvgIpc) is 3.06. The molecule has 7 heteroatoms. The summed E-state index contributed by atoms with van der Waals surface area (Å²) in [6, 6.07) is 6.02. The first kappa shape index (κ1) is 12.5. The van der Waals surface area contributed by atoms with E-state index >= 15 is 0 Å². The highest BCUT2D eigenvalue weighted by molar-refractivity contribution is 5.52. The van der Waals surface area contributed by atoms with Gasteiger partial charge in [-0.05, 0) is 31.2 Å². The predicted octanol–water partition coefficient (Wildman–Crippen LogP) is 2.33. The summed E-state index contributed by atoms with van der Waals surface area (Å²) in [5.41, 5.74) is 2.04. The summed E-state index contributed by atoms with van der Waals surface area (Å²) in [6.45, 7) is 3.78. The molecule has 2 aromatic heterocycles. The molecule has 0 saturated heterocycles.